The lowest BCUT2D eigenvalue weighted by Gasteiger charge is -2.25. The maximum Gasteiger partial charge on any atom is 0.115 e. The van der Waals surface area contributed by atoms with Crippen LogP contribution >= 0.6 is 11.6 Å². The molecule has 4 heteroatoms. The average molecular weight is 243 g/mol. The minimum Gasteiger partial charge on any atom is -0.380 e. The number of halogens is 2. The Kier molecular flexibility index (Phi) is 4.02. The molecule has 1 unspecified atom stereocenters. The van der Waals surface area contributed by atoms with E-state index in [4.69, 9.17) is 11.6 Å². The SMILES string of the molecule is FCc1ccc(NC2CCCNC2)c(Cl)c1. The number of hydrogen-bond acceptors (Lipinski definition) is 2. The van der Waals surface area contributed by atoms with Crippen molar-refractivity contribution >= 4 is 17.3 Å². The third-order valence-electron chi connectivity index (χ3n) is 2.84. The predicted molar refractivity (Wildman–Crippen MR) is 65.8 cm³/mol. The van der Waals surface area contributed by atoms with Crippen molar-refractivity contribution in [3.63, 3.8) is 0 Å². The average Bonchev–Trinajstić information content (AvgIpc) is 2.33. The van der Waals surface area contributed by atoms with Gasteiger partial charge >= 0.3 is 0 Å². The highest BCUT2D eigenvalue weighted by Gasteiger charge is 2.13. The van der Waals surface area contributed by atoms with Gasteiger partial charge in [-0.1, -0.05) is 17.7 Å². The molecule has 2 N–H and O–H groups in total. The smallest absolute Gasteiger partial charge is 0.115 e. The van der Waals surface area contributed by atoms with Gasteiger partial charge in [0.05, 0.1) is 10.7 Å². The molecule has 1 aliphatic heterocycles. The Hall–Kier alpha value is -0.800. The van der Waals surface area contributed by atoms with Crippen molar-refractivity contribution in [3.8, 4) is 0 Å². The molecule has 0 radical (unpaired) electrons. The Morgan fingerprint density at radius 3 is 3.00 bits per heavy atom. The summed E-state index contributed by atoms with van der Waals surface area (Å²) in [6.45, 7) is 1.58. The largest absolute Gasteiger partial charge is 0.380 e. The molecule has 0 amide bonds. The van der Waals surface area contributed by atoms with Gasteiger partial charge in [-0.15, -0.1) is 0 Å². The second kappa shape index (κ2) is 5.51. The first-order valence-electron chi connectivity index (χ1n) is 5.61. The maximum atomic E-state index is 12.4. The topological polar surface area (TPSA) is 24.1 Å². The standard InChI is InChI=1S/C12H16ClFN2/c13-11-6-9(7-14)3-4-12(11)16-10-2-1-5-15-8-10/h3-4,6,10,15-16H,1-2,5,7-8H2. The van der Waals surface area contributed by atoms with E-state index in [0.29, 0.717) is 16.6 Å². The Bertz CT molecular complexity index is 351. The number of alkyl halides is 1. The van der Waals surface area contributed by atoms with Crippen molar-refractivity contribution in [2.75, 3.05) is 18.4 Å². The van der Waals surface area contributed by atoms with Gasteiger partial charge in [-0.3, -0.25) is 0 Å². The van der Waals surface area contributed by atoms with Crippen LogP contribution in [0.15, 0.2) is 18.2 Å². The summed E-state index contributed by atoms with van der Waals surface area (Å²) in [5.74, 6) is 0. The molecule has 1 fully saturated rings. The number of nitrogens with one attached hydrogen (secondary N) is 2. The molecular formula is C12H16ClFN2. The van der Waals surface area contributed by atoms with Crippen molar-refractivity contribution in [1.82, 2.24) is 5.32 Å². The van der Waals surface area contributed by atoms with Crippen LogP contribution in [0.4, 0.5) is 10.1 Å². The molecule has 1 saturated heterocycles. The van der Waals surface area contributed by atoms with E-state index in [1.54, 1.807) is 12.1 Å². The van der Waals surface area contributed by atoms with Crippen LogP contribution in [0, 0.1) is 0 Å². The highest BCUT2D eigenvalue weighted by Crippen LogP contribution is 2.25. The molecule has 0 bridgehead atoms. The summed E-state index contributed by atoms with van der Waals surface area (Å²) in [4.78, 5) is 0. The van der Waals surface area contributed by atoms with Crippen LogP contribution in [0.1, 0.15) is 18.4 Å². The number of piperidine rings is 1. The highest BCUT2D eigenvalue weighted by atomic mass is 35.5. The second-order valence-corrected chi connectivity index (χ2v) is 4.54. The third kappa shape index (κ3) is 2.86. The summed E-state index contributed by atoms with van der Waals surface area (Å²) in [5.41, 5.74) is 1.52. The normalized spacial score (nSPS) is 20.8. The predicted octanol–water partition coefficient (Wildman–Crippen LogP) is 2.97. The Morgan fingerprint density at radius 1 is 1.50 bits per heavy atom. The zero-order valence-corrected chi connectivity index (χ0v) is 9.86. The van der Waals surface area contributed by atoms with Gasteiger partial charge in [0.2, 0.25) is 0 Å². The summed E-state index contributed by atoms with van der Waals surface area (Å²) in [6.07, 6.45) is 2.33. The molecule has 1 heterocycles. The minimum absolute atomic E-state index is 0.419. The molecule has 0 saturated carbocycles. The first-order chi connectivity index (χ1) is 7.79. The van der Waals surface area contributed by atoms with Crippen LogP contribution in [0.5, 0.6) is 0 Å². The Balaban J connectivity index is 2.03. The number of rotatable bonds is 3. The van der Waals surface area contributed by atoms with Gasteiger partial charge in [0.15, 0.2) is 0 Å². The van der Waals surface area contributed by atoms with E-state index >= 15 is 0 Å². The molecule has 16 heavy (non-hydrogen) atoms. The van der Waals surface area contributed by atoms with Crippen LogP contribution in [-0.2, 0) is 6.67 Å². The van der Waals surface area contributed by atoms with Crippen molar-refractivity contribution in [1.29, 1.82) is 0 Å². The van der Waals surface area contributed by atoms with Crippen molar-refractivity contribution in [2.24, 2.45) is 0 Å². The Labute approximate surface area is 100 Å². The summed E-state index contributed by atoms with van der Waals surface area (Å²) < 4.78 is 12.4. The van der Waals surface area contributed by atoms with E-state index in [2.05, 4.69) is 10.6 Å². The summed E-state index contributed by atoms with van der Waals surface area (Å²) in [5, 5.41) is 7.31. The molecule has 1 aliphatic rings. The Morgan fingerprint density at radius 2 is 2.38 bits per heavy atom. The summed E-state index contributed by atoms with van der Waals surface area (Å²) in [6, 6.07) is 5.72. The van der Waals surface area contributed by atoms with E-state index < -0.39 is 6.67 Å². The van der Waals surface area contributed by atoms with E-state index in [0.717, 1.165) is 25.2 Å². The van der Waals surface area contributed by atoms with Gasteiger partial charge in [-0.25, -0.2) is 4.39 Å². The van der Waals surface area contributed by atoms with Gasteiger partial charge < -0.3 is 10.6 Å². The van der Waals surface area contributed by atoms with Crippen LogP contribution in [0.2, 0.25) is 5.02 Å². The quantitative estimate of drug-likeness (QED) is 0.852. The van der Waals surface area contributed by atoms with Gasteiger partial charge in [0, 0.05) is 12.6 Å². The molecule has 1 aromatic rings. The van der Waals surface area contributed by atoms with Crippen LogP contribution in [0.25, 0.3) is 0 Å². The monoisotopic (exact) mass is 242 g/mol. The molecule has 0 aromatic heterocycles. The summed E-state index contributed by atoms with van der Waals surface area (Å²) in [7, 11) is 0. The van der Waals surface area contributed by atoms with Crippen LogP contribution in [0.3, 0.4) is 0 Å². The zero-order valence-electron chi connectivity index (χ0n) is 9.10. The van der Waals surface area contributed by atoms with E-state index in [9.17, 15) is 4.39 Å². The fraction of sp³-hybridized carbons (Fsp3) is 0.500. The first kappa shape index (κ1) is 11.7. The van der Waals surface area contributed by atoms with Gasteiger partial charge in [-0.2, -0.15) is 0 Å². The number of hydrogen-bond donors (Lipinski definition) is 2. The molecule has 2 rings (SSSR count). The van der Waals surface area contributed by atoms with E-state index in [1.807, 2.05) is 6.07 Å². The van der Waals surface area contributed by atoms with Gasteiger partial charge in [-0.05, 0) is 37.1 Å². The summed E-state index contributed by atoms with van der Waals surface area (Å²) >= 11 is 6.08. The molecular weight excluding hydrogens is 227 g/mol. The van der Waals surface area contributed by atoms with E-state index in [1.165, 1.54) is 6.42 Å². The molecule has 0 aliphatic carbocycles. The van der Waals surface area contributed by atoms with Gasteiger partial charge in [0.25, 0.3) is 0 Å². The van der Waals surface area contributed by atoms with Crippen LogP contribution in [-0.4, -0.2) is 19.1 Å². The number of benzene rings is 1. The lowest BCUT2D eigenvalue weighted by atomic mass is 10.1. The van der Waals surface area contributed by atoms with Crippen molar-refractivity contribution < 1.29 is 4.39 Å². The molecule has 2 nitrogen and oxygen atoms in total. The highest BCUT2D eigenvalue weighted by molar-refractivity contribution is 6.33. The van der Waals surface area contributed by atoms with Crippen LogP contribution < -0.4 is 10.6 Å². The van der Waals surface area contributed by atoms with E-state index in [-0.39, 0.29) is 0 Å². The lowest BCUT2D eigenvalue weighted by Crippen LogP contribution is -2.38. The van der Waals surface area contributed by atoms with Gasteiger partial charge in [0.1, 0.15) is 6.67 Å². The minimum atomic E-state index is -0.467. The molecule has 1 aromatic carbocycles. The molecule has 88 valence electrons. The zero-order chi connectivity index (χ0) is 11.4. The second-order valence-electron chi connectivity index (χ2n) is 4.14. The maximum absolute atomic E-state index is 12.4. The fourth-order valence-corrected chi connectivity index (χ4v) is 2.21. The van der Waals surface area contributed by atoms with Crippen molar-refractivity contribution in [2.45, 2.75) is 25.6 Å². The third-order valence-corrected chi connectivity index (χ3v) is 3.16. The lowest BCUT2D eigenvalue weighted by molar-refractivity contribution is 0.479. The first-order valence-corrected chi connectivity index (χ1v) is 5.99. The molecule has 0 spiro atoms. The number of anilines is 1. The van der Waals surface area contributed by atoms with Crippen molar-refractivity contribution in [3.05, 3.63) is 28.8 Å². The fourth-order valence-electron chi connectivity index (χ4n) is 1.95. The molecule has 1 atom stereocenters.